The molecular formula is C11H14BrNO3. The SMILES string of the molecule is COC(=O)CC(CN)c1c(O)cccc1Br. The van der Waals surface area contributed by atoms with Crippen molar-refractivity contribution in [2.75, 3.05) is 13.7 Å². The van der Waals surface area contributed by atoms with Gasteiger partial charge in [-0.15, -0.1) is 0 Å². The van der Waals surface area contributed by atoms with Crippen molar-refractivity contribution in [3.05, 3.63) is 28.2 Å². The molecule has 1 aromatic rings. The maximum absolute atomic E-state index is 11.2. The lowest BCUT2D eigenvalue weighted by Gasteiger charge is -2.16. The molecule has 1 aromatic carbocycles. The number of phenols is 1. The van der Waals surface area contributed by atoms with Gasteiger partial charge in [-0.25, -0.2) is 0 Å². The smallest absolute Gasteiger partial charge is 0.306 e. The van der Waals surface area contributed by atoms with Crippen molar-refractivity contribution in [1.29, 1.82) is 0 Å². The molecule has 0 spiro atoms. The Morgan fingerprint density at radius 3 is 2.81 bits per heavy atom. The molecular weight excluding hydrogens is 274 g/mol. The van der Waals surface area contributed by atoms with Crippen LogP contribution in [0.15, 0.2) is 22.7 Å². The molecule has 16 heavy (non-hydrogen) atoms. The highest BCUT2D eigenvalue weighted by molar-refractivity contribution is 9.10. The largest absolute Gasteiger partial charge is 0.508 e. The number of rotatable bonds is 4. The third kappa shape index (κ3) is 2.96. The van der Waals surface area contributed by atoms with Crippen LogP contribution in [-0.4, -0.2) is 24.7 Å². The van der Waals surface area contributed by atoms with Gasteiger partial charge in [-0.3, -0.25) is 4.79 Å². The summed E-state index contributed by atoms with van der Waals surface area (Å²) in [6.07, 6.45) is 0.156. The summed E-state index contributed by atoms with van der Waals surface area (Å²) >= 11 is 3.33. The Kier molecular flexibility index (Phi) is 4.76. The van der Waals surface area contributed by atoms with Gasteiger partial charge < -0.3 is 15.6 Å². The first-order chi connectivity index (χ1) is 7.60. The lowest BCUT2D eigenvalue weighted by atomic mass is 9.95. The molecule has 0 amide bonds. The number of esters is 1. The first kappa shape index (κ1) is 13.0. The van der Waals surface area contributed by atoms with Gasteiger partial charge in [0.15, 0.2) is 0 Å². The summed E-state index contributed by atoms with van der Waals surface area (Å²) in [5.74, 6) is -0.456. The third-order valence-corrected chi connectivity index (χ3v) is 3.05. The molecule has 0 radical (unpaired) electrons. The summed E-state index contributed by atoms with van der Waals surface area (Å²) < 4.78 is 5.33. The Labute approximate surface area is 103 Å². The van der Waals surface area contributed by atoms with E-state index in [1.54, 1.807) is 18.2 Å². The van der Waals surface area contributed by atoms with Crippen LogP contribution in [0.1, 0.15) is 17.9 Å². The van der Waals surface area contributed by atoms with E-state index in [2.05, 4.69) is 20.7 Å². The van der Waals surface area contributed by atoms with Crippen LogP contribution >= 0.6 is 15.9 Å². The van der Waals surface area contributed by atoms with Crippen LogP contribution in [0, 0.1) is 0 Å². The molecule has 0 heterocycles. The normalized spacial score (nSPS) is 12.2. The van der Waals surface area contributed by atoms with Gasteiger partial charge in [-0.1, -0.05) is 22.0 Å². The third-order valence-electron chi connectivity index (χ3n) is 2.36. The monoisotopic (exact) mass is 287 g/mol. The van der Waals surface area contributed by atoms with Gasteiger partial charge in [0.1, 0.15) is 5.75 Å². The van der Waals surface area contributed by atoms with Gasteiger partial charge in [0.25, 0.3) is 0 Å². The number of nitrogens with two attached hydrogens (primary N) is 1. The molecule has 1 rings (SSSR count). The summed E-state index contributed by atoms with van der Waals surface area (Å²) in [6.45, 7) is 0.269. The van der Waals surface area contributed by atoms with E-state index in [1.165, 1.54) is 7.11 Å². The van der Waals surface area contributed by atoms with Gasteiger partial charge in [-0.2, -0.15) is 0 Å². The zero-order valence-electron chi connectivity index (χ0n) is 8.94. The molecule has 0 saturated carbocycles. The van der Waals surface area contributed by atoms with Crippen molar-refractivity contribution in [3.63, 3.8) is 0 Å². The summed E-state index contributed by atoms with van der Waals surface area (Å²) in [5, 5.41) is 9.74. The van der Waals surface area contributed by atoms with Gasteiger partial charge in [-0.05, 0) is 18.7 Å². The number of ether oxygens (including phenoxy) is 1. The van der Waals surface area contributed by atoms with Crippen LogP contribution in [0.5, 0.6) is 5.75 Å². The standard InChI is InChI=1S/C11H14BrNO3/c1-16-10(15)5-7(6-13)11-8(12)3-2-4-9(11)14/h2-4,7,14H,5-6,13H2,1H3. The van der Waals surface area contributed by atoms with Crippen LogP contribution in [0.25, 0.3) is 0 Å². The van der Waals surface area contributed by atoms with Crippen molar-refractivity contribution in [2.45, 2.75) is 12.3 Å². The molecule has 3 N–H and O–H groups in total. The second-order valence-corrected chi connectivity index (χ2v) is 4.24. The summed E-state index contributed by atoms with van der Waals surface area (Å²) in [4.78, 5) is 11.2. The fourth-order valence-electron chi connectivity index (χ4n) is 1.52. The molecule has 0 aliphatic rings. The number of hydrogen-bond donors (Lipinski definition) is 2. The number of aromatic hydroxyl groups is 1. The number of carbonyl (C=O) groups is 1. The van der Waals surface area contributed by atoms with Crippen LogP contribution in [0.3, 0.4) is 0 Å². The minimum Gasteiger partial charge on any atom is -0.508 e. The molecule has 0 aliphatic heterocycles. The van der Waals surface area contributed by atoms with Crippen LogP contribution < -0.4 is 5.73 Å². The zero-order chi connectivity index (χ0) is 12.1. The quantitative estimate of drug-likeness (QED) is 0.828. The van der Waals surface area contributed by atoms with Gasteiger partial charge in [0.05, 0.1) is 13.5 Å². The second-order valence-electron chi connectivity index (χ2n) is 3.39. The van der Waals surface area contributed by atoms with E-state index in [1.807, 2.05) is 0 Å². The van der Waals surface area contributed by atoms with Crippen molar-refractivity contribution >= 4 is 21.9 Å². The number of benzene rings is 1. The fraction of sp³-hybridized carbons (Fsp3) is 0.364. The van der Waals surface area contributed by atoms with E-state index in [-0.39, 0.29) is 30.6 Å². The van der Waals surface area contributed by atoms with Crippen LogP contribution in [-0.2, 0) is 9.53 Å². The molecule has 1 atom stereocenters. The van der Waals surface area contributed by atoms with E-state index >= 15 is 0 Å². The number of halogens is 1. The molecule has 88 valence electrons. The van der Waals surface area contributed by atoms with Crippen molar-refractivity contribution < 1.29 is 14.6 Å². The minimum absolute atomic E-state index is 0.133. The second kappa shape index (κ2) is 5.86. The molecule has 4 nitrogen and oxygen atoms in total. The highest BCUT2D eigenvalue weighted by Gasteiger charge is 2.20. The molecule has 0 fully saturated rings. The van der Waals surface area contributed by atoms with Crippen molar-refractivity contribution in [2.24, 2.45) is 5.73 Å². The summed E-state index contributed by atoms with van der Waals surface area (Å²) in [7, 11) is 1.33. The Morgan fingerprint density at radius 1 is 1.62 bits per heavy atom. The summed E-state index contributed by atoms with van der Waals surface area (Å²) in [6, 6.07) is 5.09. The minimum atomic E-state index is -0.342. The van der Waals surface area contributed by atoms with Crippen molar-refractivity contribution in [3.8, 4) is 5.75 Å². The molecule has 1 unspecified atom stereocenters. The Morgan fingerprint density at radius 2 is 2.31 bits per heavy atom. The average molecular weight is 288 g/mol. The first-order valence-electron chi connectivity index (χ1n) is 4.84. The van der Waals surface area contributed by atoms with Gasteiger partial charge in [0.2, 0.25) is 0 Å². The van der Waals surface area contributed by atoms with E-state index in [9.17, 15) is 9.90 Å². The molecule has 0 bridgehead atoms. The van der Waals surface area contributed by atoms with Crippen LogP contribution in [0.4, 0.5) is 0 Å². The fourth-order valence-corrected chi connectivity index (χ4v) is 2.20. The van der Waals surface area contributed by atoms with Crippen molar-refractivity contribution in [1.82, 2.24) is 0 Å². The Hall–Kier alpha value is -1.07. The predicted molar refractivity (Wildman–Crippen MR) is 64.2 cm³/mol. The molecule has 0 aromatic heterocycles. The van der Waals surface area contributed by atoms with E-state index < -0.39 is 0 Å². The van der Waals surface area contributed by atoms with E-state index in [0.717, 1.165) is 4.47 Å². The van der Waals surface area contributed by atoms with E-state index in [4.69, 9.17) is 5.73 Å². The lowest BCUT2D eigenvalue weighted by molar-refractivity contribution is -0.141. The highest BCUT2D eigenvalue weighted by Crippen LogP contribution is 2.34. The number of phenolic OH excluding ortho intramolecular Hbond substituents is 1. The molecule has 0 aliphatic carbocycles. The lowest BCUT2D eigenvalue weighted by Crippen LogP contribution is -2.17. The van der Waals surface area contributed by atoms with Gasteiger partial charge in [0, 0.05) is 16.0 Å². The Balaban J connectivity index is 2.99. The Bertz CT molecular complexity index is 361. The highest BCUT2D eigenvalue weighted by atomic mass is 79.9. The van der Waals surface area contributed by atoms with E-state index in [0.29, 0.717) is 5.56 Å². The number of carbonyl (C=O) groups excluding carboxylic acids is 1. The maximum atomic E-state index is 11.2. The average Bonchev–Trinajstić information content (AvgIpc) is 2.27. The maximum Gasteiger partial charge on any atom is 0.306 e. The summed E-state index contributed by atoms with van der Waals surface area (Å²) in [5.41, 5.74) is 6.25. The number of hydrogen-bond acceptors (Lipinski definition) is 4. The van der Waals surface area contributed by atoms with Gasteiger partial charge >= 0.3 is 5.97 Å². The zero-order valence-corrected chi connectivity index (χ0v) is 10.5. The molecule has 5 heteroatoms. The first-order valence-corrected chi connectivity index (χ1v) is 5.63. The predicted octanol–water partition coefficient (Wildman–Crippen LogP) is 1.76. The molecule has 0 saturated heterocycles. The topological polar surface area (TPSA) is 72.5 Å². The van der Waals surface area contributed by atoms with Crippen LogP contribution in [0.2, 0.25) is 0 Å². The number of methoxy groups -OCH3 is 1.